The summed E-state index contributed by atoms with van der Waals surface area (Å²) in [7, 11) is 0. The molecule has 2 heteroatoms. The molecule has 0 saturated heterocycles. The number of rotatable bonds is 7. The quantitative estimate of drug-likeness (QED) is 0.643. The smallest absolute Gasteiger partial charge is 0.0542 e. The van der Waals surface area contributed by atoms with Crippen molar-refractivity contribution in [3.8, 4) is 0 Å². The van der Waals surface area contributed by atoms with Gasteiger partial charge in [0.25, 0.3) is 0 Å². The first-order chi connectivity index (χ1) is 6.10. The molecule has 0 saturated carbocycles. The zero-order valence-electron chi connectivity index (χ0n) is 9.16. The number of hydrogen-bond acceptors (Lipinski definition) is 2. The number of hydrogen-bond donors (Lipinski definition) is 2. The van der Waals surface area contributed by atoms with E-state index in [-0.39, 0.29) is 12.7 Å². The van der Waals surface area contributed by atoms with Crippen molar-refractivity contribution in [1.82, 2.24) is 0 Å². The van der Waals surface area contributed by atoms with E-state index < -0.39 is 0 Å². The Morgan fingerprint density at radius 1 is 1.08 bits per heavy atom. The number of aliphatic hydroxyl groups excluding tert-OH is 2. The lowest BCUT2D eigenvalue weighted by Gasteiger charge is -2.18. The van der Waals surface area contributed by atoms with Gasteiger partial charge in [-0.2, -0.15) is 0 Å². The molecule has 0 heterocycles. The molecule has 80 valence electrons. The molecule has 0 aliphatic carbocycles. The summed E-state index contributed by atoms with van der Waals surface area (Å²) in [5.41, 5.74) is 0. The molecule has 0 fully saturated rings. The third kappa shape index (κ3) is 7.03. The van der Waals surface area contributed by atoms with E-state index in [1.165, 1.54) is 0 Å². The monoisotopic (exact) mass is 188 g/mol. The van der Waals surface area contributed by atoms with Crippen molar-refractivity contribution >= 4 is 0 Å². The summed E-state index contributed by atoms with van der Waals surface area (Å²) in [6.45, 7) is 6.53. The van der Waals surface area contributed by atoms with Gasteiger partial charge in [-0.05, 0) is 31.1 Å². The van der Waals surface area contributed by atoms with Crippen LogP contribution in [0.25, 0.3) is 0 Å². The van der Waals surface area contributed by atoms with Crippen LogP contribution < -0.4 is 0 Å². The predicted octanol–water partition coefficient (Wildman–Crippen LogP) is 2.19. The van der Waals surface area contributed by atoms with Gasteiger partial charge in [0.15, 0.2) is 0 Å². The highest BCUT2D eigenvalue weighted by atomic mass is 16.3. The molecule has 0 unspecified atom stereocenters. The van der Waals surface area contributed by atoms with Crippen molar-refractivity contribution in [2.45, 2.75) is 52.6 Å². The lowest BCUT2D eigenvalue weighted by molar-refractivity contribution is 0.123. The fourth-order valence-electron chi connectivity index (χ4n) is 1.77. The lowest BCUT2D eigenvalue weighted by Crippen LogP contribution is -2.14. The molecule has 0 radical (unpaired) electrons. The van der Waals surface area contributed by atoms with Crippen LogP contribution in [0.4, 0.5) is 0 Å². The number of aliphatic hydroxyl groups is 2. The van der Waals surface area contributed by atoms with Crippen LogP contribution >= 0.6 is 0 Å². The average Bonchev–Trinajstić information content (AvgIpc) is 2.04. The summed E-state index contributed by atoms with van der Waals surface area (Å²) < 4.78 is 0. The van der Waals surface area contributed by atoms with E-state index in [4.69, 9.17) is 5.11 Å². The molecule has 13 heavy (non-hydrogen) atoms. The maximum atomic E-state index is 9.54. The topological polar surface area (TPSA) is 40.5 Å². The van der Waals surface area contributed by atoms with Gasteiger partial charge in [-0.15, -0.1) is 0 Å². The van der Waals surface area contributed by atoms with Gasteiger partial charge >= 0.3 is 0 Å². The highest BCUT2D eigenvalue weighted by Crippen LogP contribution is 2.18. The van der Waals surface area contributed by atoms with Crippen molar-refractivity contribution in [2.75, 3.05) is 6.61 Å². The van der Waals surface area contributed by atoms with Gasteiger partial charge in [0.05, 0.1) is 6.10 Å². The minimum atomic E-state index is -0.147. The second-order valence-corrected chi connectivity index (χ2v) is 4.31. The van der Waals surface area contributed by atoms with E-state index in [9.17, 15) is 5.11 Å². The Morgan fingerprint density at radius 3 is 2.15 bits per heavy atom. The summed E-state index contributed by atoms with van der Waals surface area (Å²) in [5, 5.41) is 18.4. The van der Waals surface area contributed by atoms with Crippen molar-refractivity contribution in [3.63, 3.8) is 0 Å². The van der Waals surface area contributed by atoms with Crippen molar-refractivity contribution in [3.05, 3.63) is 0 Å². The summed E-state index contributed by atoms with van der Waals surface area (Å²) >= 11 is 0. The Morgan fingerprint density at radius 2 is 1.69 bits per heavy atom. The van der Waals surface area contributed by atoms with Gasteiger partial charge < -0.3 is 10.2 Å². The summed E-state index contributed by atoms with van der Waals surface area (Å²) in [6, 6.07) is 0. The maximum absolute atomic E-state index is 9.54. The fraction of sp³-hybridized carbons (Fsp3) is 1.00. The van der Waals surface area contributed by atoms with Crippen LogP contribution in [0.1, 0.15) is 46.5 Å². The Kier molecular flexibility index (Phi) is 7.29. The molecule has 0 amide bonds. The Balaban J connectivity index is 3.54. The van der Waals surface area contributed by atoms with Crippen LogP contribution in [0.3, 0.4) is 0 Å². The minimum Gasteiger partial charge on any atom is -0.396 e. The standard InChI is InChI=1S/C11H24O2/c1-4-5-11(13)7-9(2)6-10(3)8-12/h9-13H,4-8H2,1-3H3/t9-,10-,11+/m1/s1. The average molecular weight is 188 g/mol. The largest absolute Gasteiger partial charge is 0.396 e. The molecule has 2 nitrogen and oxygen atoms in total. The first-order valence-electron chi connectivity index (χ1n) is 5.39. The molecule has 0 aliphatic heterocycles. The third-order valence-electron chi connectivity index (χ3n) is 2.41. The maximum Gasteiger partial charge on any atom is 0.0542 e. The Hall–Kier alpha value is -0.0800. The molecule has 0 aliphatic rings. The normalized spacial score (nSPS) is 18.2. The first kappa shape index (κ1) is 12.9. The Labute approximate surface area is 82.0 Å². The van der Waals surface area contributed by atoms with Crippen LogP contribution in [0.2, 0.25) is 0 Å². The molecular formula is C11H24O2. The van der Waals surface area contributed by atoms with E-state index in [1.807, 2.05) is 6.92 Å². The highest BCUT2D eigenvalue weighted by molar-refractivity contribution is 4.64. The van der Waals surface area contributed by atoms with Gasteiger partial charge in [0, 0.05) is 6.61 Å². The first-order valence-corrected chi connectivity index (χ1v) is 5.39. The van der Waals surface area contributed by atoms with E-state index in [2.05, 4.69) is 13.8 Å². The molecule has 3 atom stereocenters. The van der Waals surface area contributed by atoms with Crippen LogP contribution in [0.15, 0.2) is 0 Å². The Bertz CT molecular complexity index is 115. The van der Waals surface area contributed by atoms with Crippen molar-refractivity contribution < 1.29 is 10.2 Å². The van der Waals surface area contributed by atoms with Gasteiger partial charge in [0.1, 0.15) is 0 Å². The zero-order valence-corrected chi connectivity index (χ0v) is 9.16. The second-order valence-electron chi connectivity index (χ2n) is 4.31. The van der Waals surface area contributed by atoms with Gasteiger partial charge in [-0.1, -0.05) is 27.2 Å². The van der Waals surface area contributed by atoms with Crippen molar-refractivity contribution in [1.29, 1.82) is 0 Å². The van der Waals surface area contributed by atoms with E-state index >= 15 is 0 Å². The molecule has 2 N–H and O–H groups in total. The summed E-state index contributed by atoms with van der Waals surface area (Å²) in [4.78, 5) is 0. The van der Waals surface area contributed by atoms with Crippen molar-refractivity contribution in [2.24, 2.45) is 11.8 Å². The molecule has 0 aromatic carbocycles. The SMILES string of the molecule is CCC[C@H](O)C[C@H](C)C[C@@H](C)CO. The molecular weight excluding hydrogens is 164 g/mol. The molecule has 0 spiro atoms. The lowest BCUT2D eigenvalue weighted by atomic mass is 9.92. The van der Waals surface area contributed by atoms with E-state index in [0.29, 0.717) is 11.8 Å². The minimum absolute atomic E-state index is 0.147. The fourth-order valence-corrected chi connectivity index (χ4v) is 1.77. The molecule has 0 aromatic rings. The predicted molar refractivity (Wildman–Crippen MR) is 55.6 cm³/mol. The van der Waals surface area contributed by atoms with Gasteiger partial charge in [0.2, 0.25) is 0 Å². The molecule has 0 bridgehead atoms. The summed E-state index contributed by atoms with van der Waals surface area (Å²) in [6.07, 6.45) is 3.68. The van der Waals surface area contributed by atoms with Crippen LogP contribution in [-0.4, -0.2) is 22.9 Å². The van der Waals surface area contributed by atoms with Crippen LogP contribution in [-0.2, 0) is 0 Å². The van der Waals surface area contributed by atoms with E-state index in [0.717, 1.165) is 25.7 Å². The van der Waals surface area contributed by atoms with E-state index in [1.54, 1.807) is 0 Å². The van der Waals surface area contributed by atoms with Crippen LogP contribution in [0.5, 0.6) is 0 Å². The molecule has 0 rings (SSSR count). The third-order valence-corrected chi connectivity index (χ3v) is 2.41. The zero-order chi connectivity index (χ0) is 10.3. The summed E-state index contributed by atoms with van der Waals surface area (Å²) in [5.74, 6) is 0.882. The van der Waals surface area contributed by atoms with Crippen LogP contribution in [0, 0.1) is 11.8 Å². The highest BCUT2D eigenvalue weighted by Gasteiger charge is 2.12. The second kappa shape index (κ2) is 7.34. The van der Waals surface area contributed by atoms with Gasteiger partial charge in [-0.3, -0.25) is 0 Å². The van der Waals surface area contributed by atoms with Gasteiger partial charge in [-0.25, -0.2) is 0 Å². The molecule has 0 aromatic heterocycles.